The molecule has 1 aromatic rings. The van der Waals surface area contributed by atoms with E-state index in [1.165, 1.54) is 6.07 Å². The van der Waals surface area contributed by atoms with E-state index in [-0.39, 0.29) is 17.9 Å². The van der Waals surface area contributed by atoms with E-state index >= 15 is 0 Å². The molecule has 2 unspecified atom stereocenters. The Kier molecular flexibility index (Phi) is 2.83. The van der Waals surface area contributed by atoms with E-state index in [1.807, 2.05) is 0 Å². The Hall–Kier alpha value is -1.91. The average molecular weight is 237 g/mol. The lowest BCUT2D eigenvalue weighted by Gasteiger charge is -2.16. The molecule has 1 aromatic carbocycles. The van der Waals surface area contributed by atoms with E-state index in [4.69, 9.17) is 5.11 Å². The van der Waals surface area contributed by atoms with Gasteiger partial charge in [-0.25, -0.2) is 9.18 Å². The Morgan fingerprint density at radius 1 is 1.53 bits per heavy atom. The van der Waals surface area contributed by atoms with Crippen LogP contribution in [-0.4, -0.2) is 23.0 Å². The Balaban J connectivity index is 2.41. The van der Waals surface area contributed by atoms with E-state index in [1.54, 1.807) is 19.1 Å². The molecule has 2 rings (SSSR count). The average Bonchev–Trinajstić information content (AvgIpc) is 2.64. The van der Waals surface area contributed by atoms with Crippen molar-refractivity contribution in [3.05, 3.63) is 35.1 Å². The summed E-state index contributed by atoms with van der Waals surface area (Å²) in [6.07, 6.45) is 0.0112. The van der Waals surface area contributed by atoms with Crippen molar-refractivity contribution in [3.63, 3.8) is 0 Å². The maximum atomic E-state index is 13.7. The molecule has 17 heavy (non-hydrogen) atoms. The zero-order valence-corrected chi connectivity index (χ0v) is 9.24. The van der Waals surface area contributed by atoms with Crippen LogP contribution in [0.3, 0.4) is 0 Å². The van der Waals surface area contributed by atoms with Crippen molar-refractivity contribution >= 4 is 11.9 Å². The van der Waals surface area contributed by atoms with Crippen LogP contribution in [0.25, 0.3) is 0 Å². The molecule has 0 aliphatic carbocycles. The molecule has 90 valence electrons. The Bertz CT molecular complexity index is 487. The minimum Gasteiger partial charge on any atom is -0.480 e. The van der Waals surface area contributed by atoms with Crippen LogP contribution in [0.5, 0.6) is 0 Å². The number of hydrogen-bond donors (Lipinski definition) is 2. The molecule has 2 atom stereocenters. The first-order valence-corrected chi connectivity index (χ1v) is 5.27. The summed E-state index contributed by atoms with van der Waals surface area (Å²) >= 11 is 0. The molecule has 2 N–H and O–H groups in total. The molecule has 1 saturated heterocycles. The predicted octanol–water partition coefficient (Wildman–Crippen LogP) is 1.19. The molecule has 1 amide bonds. The summed E-state index contributed by atoms with van der Waals surface area (Å²) in [6.45, 7) is 1.79. The fourth-order valence-electron chi connectivity index (χ4n) is 2.12. The van der Waals surface area contributed by atoms with Gasteiger partial charge in [-0.2, -0.15) is 0 Å². The van der Waals surface area contributed by atoms with Crippen LogP contribution in [0.2, 0.25) is 0 Å². The number of aliphatic carboxylic acids is 1. The second kappa shape index (κ2) is 4.16. The van der Waals surface area contributed by atoms with Crippen molar-refractivity contribution in [1.82, 2.24) is 5.32 Å². The molecule has 1 fully saturated rings. The molecule has 1 aliphatic rings. The van der Waals surface area contributed by atoms with Gasteiger partial charge in [0.15, 0.2) is 0 Å². The maximum absolute atomic E-state index is 13.7. The van der Waals surface area contributed by atoms with Crippen molar-refractivity contribution in [2.45, 2.75) is 25.3 Å². The SMILES string of the molecule is Cc1ccc(F)c(C2CC(=O)NC2C(=O)O)c1. The molecule has 5 heteroatoms. The summed E-state index contributed by atoms with van der Waals surface area (Å²) in [5.41, 5.74) is 1.13. The highest BCUT2D eigenvalue weighted by Crippen LogP contribution is 2.31. The number of halogens is 1. The molecule has 0 bridgehead atoms. The Morgan fingerprint density at radius 3 is 2.88 bits per heavy atom. The minimum absolute atomic E-state index is 0.0112. The van der Waals surface area contributed by atoms with Gasteiger partial charge >= 0.3 is 5.97 Å². The molecule has 0 radical (unpaired) electrons. The first kappa shape index (κ1) is 11.6. The molecule has 0 spiro atoms. The van der Waals surface area contributed by atoms with Crippen molar-refractivity contribution in [2.75, 3.05) is 0 Å². The van der Waals surface area contributed by atoms with E-state index in [2.05, 4.69) is 5.32 Å². The third-order valence-corrected chi connectivity index (χ3v) is 2.94. The van der Waals surface area contributed by atoms with Gasteiger partial charge in [-0.15, -0.1) is 0 Å². The van der Waals surface area contributed by atoms with E-state index < -0.39 is 23.7 Å². The van der Waals surface area contributed by atoms with Crippen molar-refractivity contribution in [1.29, 1.82) is 0 Å². The summed E-state index contributed by atoms with van der Waals surface area (Å²) in [5.74, 6) is -2.60. The number of amides is 1. The zero-order valence-electron chi connectivity index (χ0n) is 9.24. The molecule has 0 saturated carbocycles. The molecule has 1 heterocycles. The van der Waals surface area contributed by atoms with Crippen LogP contribution >= 0.6 is 0 Å². The van der Waals surface area contributed by atoms with E-state index in [0.717, 1.165) is 5.56 Å². The van der Waals surface area contributed by atoms with Crippen LogP contribution in [0.15, 0.2) is 18.2 Å². The first-order valence-electron chi connectivity index (χ1n) is 5.27. The van der Waals surface area contributed by atoms with Gasteiger partial charge in [0.25, 0.3) is 0 Å². The van der Waals surface area contributed by atoms with Gasteiger partial charge in [0.05, 0.1) is 0 Å². The lowest BCUT2D eigenvalue weighted by atomic mass is 9.90. The van der Waals surface area contributed by atoms with Gasteiger partial charge in [-0.1, -0.05) is 17.7 Å². The van der Waals surface area contributed by atoms with E-state index in [9.17, 15) is 14.0 Å². The van der Waals surface area contributed by atoms with Gasteiger partial charge in [-0.3, -0.25) is 4.79 Å². The molecule has 4 nitrogen and oxygen atoms in total. The number of carbonyl (C=O) groups excluding carboxylic acids is 1. The third kappa shape index (κ3) is 2.13. The maximum Gasteiger partial charge on any atom is 0.326 e. The molecule has 0 aromatic heterocycles. The lowest BCUT2D eigenvalue weighted by molar-refractivity contribution is -0.140. The summed E-state index contributed by atoms with van der Waals surface area (Å²) in [7, 11) is 0. The van der Waals surface area contributed by atoms with Gasteiger partial charge in [0.1, 0.15) is 11.9 Å². The quantitative estimate of drug-likeness (QED) is 0.812. The third-order valence-electron chi connectivity index (χ3n) is 2.94. The Labute approximate surface area is 97.4 Å². The monoisotopic (exact) mass is 237 g/mol. The number of nitrogens with one attached hydrogen (secondary N) is 1. The predicted molar refractivity (Wildman–Crippen MR) is 58.1 cm³/mol. The minimum atomic E-state index is -1.14. The van der Waals surface area contributed by atoms with Crippen molar-refractivity contribution in [2.24, 2.45) is 0 Å². The smallest absolute Gasteiger partial charge is 0.326 e. The van der Waals surface area contributed by atoms with Gasteiger partial charge < -0.3 is 10.4 Å². The highest BCUT2D eigenvalue weighted by atomic mass is 19.1. The topological polar surface area (TPSA) is 66.4 Å². The van der Waals surface area contributed by atoms with E-state index in [0.29, 0.717) is 0 Å². The van der Waals surface area contributed by atoms with Crippen LogP contribution in [-0.2, 0) is 9.59 Å². The fraction of sp³-hybridized carbons (Fsp3) is 0.333. The number of carboxylic acids is 1. The summed E-state index contributed by atoms with van der Waals surface area (Å²) < 4.78 is 13.7. The van der Waals surface area contributed by atoms with Crippen molar-refractivity contribution in [3.8, 4) is 0 Å². The normalized spacial score (nSPS) is 23.5. The highest BCUT2D eigenvalue weighted by molar-refractivity contribution is 5.89. The van der Waals surface area contributed by atoms with Crippen molar-refractivity contribution < 1.29 is 19.1 Å². The number of carboxylic acid groups (broad SMARTS) is 1. The molecule has 1 aliphatic heterocycles. The van der Waals surface area contributed by atoms with Crippen LogP contribution in [0.4, 0.5) is 4.39 Å². The summed E-state index contributed by atoms with van der Waals surface area (Å²) in [4.78, 5) is 22.2. The second-order valence-electron chi connectivity index (χ2n) is 4.22. The standard InChI is InChI=1S/C12H12FNO3/c1-6-2-3-9(13)7(4-6)8-5-10(15)14-11(8)12(16)17/h2-4,8,11H,5H2,1H3,(H,14,15)(H,16,17). The molecular weight excluding hydrogens is 225 g/mol. The van der Waals surface area contributed by atoms with Gasteiger partial charge in [-0.05, 0) is 18.6 Å². The Morgan fingerprint density at radius 2 is 2.24 bits per heavy atom. The number of carbonyl (C=O) groups is 2. The first-order chi connectivity index (χ1) is 7.99. The van der Waals surface area contributed by atoms with Gasteiger partial charge in [0.2, 0.25) is 5.91 Å². The number of hydrogen-bond acceptors (Lipinski definition) is 2. The van der Waals surface area contributed by atoms with Crippen LogP contribution in [0.1, 0.15) is 23.5 Å². The highest BCUT2D eigenvalue weighted by Gasteiger charge is 2.39. The van der Waals surface area contributed by atoms with Crippen LogP contribution < -0.4 is 5.32 Å². The molecular formula is C12H12FNO3. The number of benzene rings is 1. The largest absolute Gasteiger partial charge is 0.480 e. The van der Waals surface area contributed by atoms with Crippen LogP contribution in [0, 0.1) is 12.7 Å². The number of aryl methyl sites for hydroxylation is 1. The van der Waals surface area contributed by atoms with Gasteiger partial charge in [0, 0.05) is 12.3 Å². The lowest BCUT2D eigenvalue weighted by Crippen LogP contribution is -2.36. The fourth-order valence-corrected chi connectivity index (χ4v) is 2.12. The summed E-state index contributed by atoms with van der Waals surface area (Å²) in [5, 5.41) is 11.3. The summed E-state index contributed by atoms with van der Waals surface area (Å²) in [6, 6.07) is 3.46. The number of rotatable bonds is 2. The second-order valence-corrected chi connectivity index (χ2v) is 4.22. The zero-order chi connectivity index (χ0) is 12.6.